The van der Waals surface area contributed by atoms with Gasteiger partial charge in [-0.2, -0.15) is 0 Å². The molecule has 0 spiro atoms. The first kappa shape index (κ1) is 16.1. The van der Waals surface area contributed by atoms with Crippen molar-refractivity contribution in [3.8, 4) is 0 Å². The topological polar surface area (TPSA) is 67.6 Å². The molecular formula is C15H22ClN3O2. The minimum atomic E-state index is -0.253. The van der Waals surface area contributed by atoms with E-state index in [4.69, 9.17) is 22.1 Å². The molecule has 0 bridgehead atoms. The Morgan fingerprint density at radius 1 is 1.43 bits per heavy atom. The molecule has 0 aromatic heterocycles. The molecule has 3 atom stereocenters. The van der Waals surface area contributed by atoms with E-state index in [0.717, 1.165) is 13.1 Å². The van der Waals surface area contributed by atoms with E-state index in [1.165, 1.54) is 0 Å². The number of amides is 1. The minimum absolute atomic E-state index is 0.0923. The molecule has 1 unspecified atom stereocenters. The van der Waals surface area contributed by atoms with Crippen molar-refractivity contribution in [2.24, 2.45) is 0 Å². The fourth-order valence-electron chi connectivity index (χ4n) is 2.57. The SMILES string of the molecule is CC(C(=O)Nc1cc(Cl)ccc1N)N1C[C@@H](C)O[C@@H](C)C1. The predicted octanol–water partition coefficient (Wildman–Crippen LogP) is 2.36. The number of anilines is 2. The Morgan fingerprint density at radius 2 is 2.05 bits per heavy atom. The first-order valence-corrected chi connectivity index (χ1v) is 7.50. The smallest absolute Gasteiger partial charge is 0.241 e. The summed E-state index contributed by atoms with van der Waals surface area (Å²) in [4.78, 5) is 14.5. The number of hydrogen-bond acceptors (Lipinski definition) is 4. The van der Waals surface area contributed by atoms with Crippen LogP contribution in [0.4, 0.5) is 11.4 Å². The largest absolute Gasteiger partial charge is 0.397 e. The third-order valence-electron chi connectivity index (χ3n) is 3.65. The van der Waals surface area contributed by atoms with Gasteiger partial charge in [0.2, 0.25) is 5.91 Å². The van der Waals surface area contributed by atoms with Crippen molar-refractivity contribution in [2.75, 3.05) is 24.1 Å². The summed E-state index contributed by atoms with van der Waals surface area (Å²) in [5, 5.41) is 3.39. The molecule has 116 valence electrons. The van der Waals surface area contributed by atoms with Crippen molar-refractivity contribution >= 4 is 28.9 Å². The molecule has 1 fully saturated rings. The number of carbonyl (C=O) groups excluding carboxylic acids is 1. The summed E-state index contributed by atoms with van der Waals surface area (Å²) in [5.41, 5.74) is 6.91. The summed E-state index contributed by atoms with van der Waals surface area (Å²) in [6.45, 7) is 7.40. The van der Waals surface area contributed by atoms with Gasteiger partial charge in [-0.25, -0.2) is 0 Å². The van der Waals surface area contributed by atoms with Gasteiger partial charge in [-0.1, -0.05) is 11.6 Å². The molecule has 21 heavy (non-hydrogen) atoms. The molecule has 3 N–H and O–H groups in total. The first-order valence-electron chi connectivity index (χ1n) is 7.12. The van der Waals surface area contributed by atoms with E-state index in [1.54, 1.807) is 18.2 Å². The van der Waals surface area contributed by atoms with Crippen molar-refractivity contribution in [1.29, 1.82) is 0 Å². The van der Waals surface area contributed by atoms with E-state index in [1.807, 2.05) is 20.8 Å². The van der Waals surface area contributed by atoms with Crippen LogP contribution < -0.4 is 11.1 Å². The van der Waals surface area contributed by atoms with Crippen LogP contribution in [0.5, 0.6) is 0 Å². The molecule has 1 amide bonds. The lowest BCUT2D eigenvalue weighted by atomic mass is 10.1. The van der Waals surface area contributed by atoms with Gasteiger partial charge in [-0.15, -0.1) is 0 Å². The highest BCUT2D eigenvalue weighted by molar-refractivity contribution is 6.31. The first-order chi connectivity index (χ1) is 9.86. The number of hydrogen-bond donors (Lipinski definition) is 2. The molecular weight excluding hydrogens is 290 g/mol. The molecule has 6 heteroatoms. The van der Waals surface area contributed by atoms with Gasteiger partial charge in [0.05, 0.1) is 29.6 Å². The Balaban J connectivity index is 2.04. The average Bonchev–Trinajstić information content (AvgIpc) is 2.41. The van der Waals surface area contributed by atoms with Gasteiger partial charge in [-0.3, -0.25) is 9.69 Å². The van der Waals surface area contributed by atoms with Crippen LogP contribution in [-0.4, -0.2) is 42.1 Å². The monoisotopic (exact) mass is 311 g/mol. The predicted molar refractivity (Wildman–Crippen MR) is 85.5 cm³/mol. The Morgan fingerprint density at radius 3 is 2.67 bits per heavy atom. The Hall–Kier alpha value is -1.30. The number of ether oxygens (including phenoxy) is 1. The highest BCUT2D eigenvalue weighted by Crippen LogP contribution is 2.23. The Labute approximate surface area is 130 Å². The van der Waals surface area contributed by atoms with Gasteiger partial charge in [0.25, 0.3) is 0 Å². The summed E-state index contributed by atoms with van der Waals surface area (Å²) >= 11 is 5.93. The number of nitrogens with two attached hydrogens (primary N) is 1. The van der Waals surface area contributed by atoms with Crippen molar-refractivity contribution in [3.05, 3.63) is 23.2 Å². The van der Waals surface area contributed by atoms with E-state index in [0.29, 0.717) is 16.4 Å². The van der Waals surface area contributed by atoms with Gasteiger partial charge in [0, 0.05) is 18.1 Å². The molecule has 1 aromatic carbocycles. The standard InChI is InChI=1S/C15H22ClN3O2/c1-9-7-19(8-10(2)21-9)11(3)15(20)18-14-6-12(16)4-5-13(14)17/h4-6,9-11H,7-8,17H2,1-3H3,(H,18,20)/t9-,10+,11?. The molecule has 0 saturated carbocycles. The summed E-state index contributed by atoms with van der Waals surface area (Å²) in [6, 6.07) is 4.78. The van der Waals surface area contributed by atoms with Crippen LogP contribution in [0.3, 0.4) is 0 Å². The number of nitrogens with one attached hydrogen (secondary N) is 1. The van der Waals surface area contributed by atoms with E-state index >= 15 is 0 Å². The highest BCUT2D eigenvalue weighted by Gasteiger charge is 2.29. The number of morpholine rings is 1. The zero-order valence-electron chi connectivity index (χ0n) is 12.6. The van der Waals surface area contributed by atoms with Crippen molar-refractivity contribution in [3.63, 3.8) is 0 Å². The lowest BCUT2D eigenvalue weighted by Gasteiger charge is -2.38. The van der Waals surface area contributed by atoms with Crippen molar-refractivity contribution in [2.45, 2.75) is 39.0 Å². The highest BCUT2D eigenvalue weighted by atomic mass is 35.5. The summed E-state index contributed by atoms with van der Waals surface area (Å²) in [7, 11) is 0. The second-order valence-corrected chi connectivity index (χ2v) is 6.04. The van der Waals surface area contributed by atoms with Crippen LogP contribution in [0, 0.1) is 0 Å². The number of benzene rings is 1. The van der Waals surface area contributed by atoms with Crippen LogP contribution in [0.15, 0.2) is 18.2 Å². The molecule has 2 rings (SSSR count). The van der Waals surface area contributed by atoms with Gasteiger partial charge in [-0.05, 0) is 39.0 Å². The zero-order valence-corrected chi connectivity index (χ0v) is 13.4. The van der Waals surface area contributed by atoms with Gasteiger partial charge in [0.1, 0.15) is 0 Å². The molecule has 1 aliphatic heterocycles. The van der Waals surface area contributed by atoms with E-state index < -0.39 is 0 Å². The Bertz CT molecular complexity index is 514. The second-order valence-electron chi connectivity index (χ2n) is 5.61. The van der Waals surface area contributed by atoms with E-state index in [9.17, 15) is 4.79 Å². The van der Waals surface area contributed by atoms with Crippen LogP contribution >= 0.6 is 11.6 Å². The summed E-state index contributed by atoms with van der Waals surface area (Å²) < 4.78 is 5.69. The molecule has 1 aliphatic rings. The quantitative estimate of drug-likeness (QED) is 0.841. The third-order valence-corrected chi connectivity index (χ3v) is 3.88. The summed E-state index contributed by atoms with van der Waals surface area (Å²) in [5.74, 6) is -0.0923. The molecule has 1 saturated heterocycles. The van der Waals surface area contributed by atoms with Crippen molar-refractivity contribution < 1.29 is 9.53 Å². The van der Waals surface area contributed by atoms with Crippen LogP contribution in [0.2, 0.25) is 5.02 Å². The number of rotatable bonds is 3. The minimum Gasteiger partial charge on any atom is -0.397 e. The fraction of sp³-hybridized carbons (Fsp3) is 0.533. The van der Waals surface area contributed by atoms with Gasteiger partial charge < -0.3 is 15.8 Å². The maximum Gasteiger partial charge on any atom is 0.241 e. The third kappa shape index (κ3) is 4.09. The number of carbonyl (C=O) groups is 1. The maximum atomic E-state index is 12.4. The Kier molecular flexibility index (Phi) is 5.08. The molecule has 5 nitrogen and oxygen atoms in total. The number of nitrogens with zero attached hydrogens (tertiary/aromatic N) is 1. The van der Waals surface area contributed by atoms with E-state index in [-0.39, 0.29) is 24.2 Å². The molecule has 0 aliphatic carbocycles. The van der Waals surface area contributed by atoms with E-state index in [2.05, 4.69) is 10.2 Å². The summed E-state index contributed by atoms with van der Waals surface area (Å²) in [6.07, 6.45) is 0.250. The molecule has 1 aromatic rings. The van der Waals surface area contributed by atoms with Crippen LogP contribution in [0.1, 0.15) is 20.8 Å². The number of halogens is 1. The van der Waals surface area contributed by atoms with Crippen LogP contribution in [-0.2, 0) is 9.53 Å². The van der Waals surface area contributed by atoms with Crippen LogP contribution in [0.25, 0.3) is 0 Å². The van der Waals surface area contributed by atoms with Crippen molar-refractivity contribution in [1.82, 2.24) is 4.90 Å². The maximum absolute atomic E-state index is 12.4. The number of nitrogen functional groups attached to an aromatic ring is 1. The molecule has 0 radical (unpaired) electrons. The van der Waals surface area contributed by atoms with Gasteiger partial charge in [0.15, 0.2) is 0 Å². The molecule has 1 heterocycles. The zero-order chi connectivity index (χ0) is 15.6. The van der Waals surface area contributed by atoms with Gasteiger partial charge >= 0.3 is 0 Å². The average molecular weight is 312 g/mol. The lowest BCUT2D eigenvalue weighted by Crippen LogP contribution is -2.52. The lowest BCUT2D eigenvalue weighted by molar-refractivity contribution is -0.126. The fourth-order valence-corrected chi connectivity index (χ4v) is 2.75. The normalized spacial score (nSPS) is 24.6. The second kappa shape index (κ2) is 6.64.